The van der Waals surface area contributed by atoms with Crippen LogP contribution in [0.1, 0.15) is 38.5 Å². The number of carbonyl (C=O) groups excluding carboxylic acids is 1. The van der Waals surface area contributed by atoms with E-state index in [4.69, 9.17) is 0 Å². The molecule has 1 N–H and O–H groups in total. The van der Waals surface area contributed by atoms with Crippen LogP contribution in [0, 0.1) is 23.2 Å². The molecule has 4 aliphatic carbocycles. The Morgan fingerprint density at radius 1 is 1.09 bits per heavy atom. The highest BCUT2D eigenvalue weighted by Gasteiger charge is 2.56. The molecule has 4 saturated carbocycles. The summed E-state index contributed by atoms with van der Waals surface area (Å²) in [5.41, 5.74) is 0.00622. The summed E-state index contributed by atoms with van der Waals surface area (Å²) in [6.45, 7) is 1.63. The van der Waals surface area contributed by atoms with Crippen LogP contribution in [0.4, 0.5) is 5.82 Å². The lowest BCUT2D eigenvalue weighted by Crippen LogP contribution is -2.63. The van der Waals surface area contributed by atoms with Crippen molar-refractivity contribution >= 4 is 11.7 Å². The zero-order chi connectivity index (χ0) is 15.4. The summed E-state index contributed by atoms with van der Waals surface area (Å²) in [7, 11) is 0. The minimum atomic E-state index is 0.00622. The second-order valence-corrected chi connectivity index (χ2v) is 8.34. The summed E-state index contributed by atoms with van der Waals surface area (Å²) in [6.07, 6.45) is 12.8. The van der Waals surface area contributed by atoms with Crippen LogP contribution >= 0.6 is 0 Å². The molecule has 4 bridgehead atoms. The summed E-state index contributed by atoms with van der Waals surface area (Å²) in [5.74, 6) is 3.76. The van der Waals surface area contributed by atoms with Crippen molar-refractivity contribution in [2.24, 2.45) is 23.2 Å². The summed E-state index contributed by atoms with van der Waals surface area (Å²) in [4.78, 5) is 23.6. The maximum Gasteiger partial charge on any atom is 0.228 e. The molecule has 1 aliphatic heterocycles. The predicted octanol–water partition coefficient (Wildman–Crippen LogP) is 2.32. The molecule has 1 aromatic rings. The van der Waals surface area contributed by atoms with E-state index >= 15 is 0 Å². The first-order valence-electron chi connectivity index (χ1n) is 9.02. The SMILES string of the molecule is O=C(N1CC(Nc2cnccn2)C1)C12CC3CC(CC(C3)C1)C2. The number of rotatable bonds is 3. The fourth-order valence-corrected chi connectivity index (χ4v) is 6.03. The number of amides is 1. The summed E-state index contributed by atoms with van der Waals surface area (Å²) in [6, 6.07) is 0.324. The number of nitrogens with zero attached hydrogens (tertiary/aromatic N) is 3. The van der Waals surface area contributed by atoms with E-state index in [1.807, 2.05) is 0 Å². The number of hydrogen-bond donors (Lipinski definition) is 1. The molecule has 2 heterocycles. The van der Waals surface area contributed by atoms with Gasteiger partial charge in [-0.15, -0.1) is 0 Å². The Hall–Kier alpha value is -1.65. The van der Waals surface area contributed by atoms with Crippen LogP contribution < -0.4 is 5.32 Å². The molecule has 5 fully saturated rings. The molecule has 0 spiro atoms. The highest BCUT2D eigenvalue weighted by molar-refractivity contribution is 5.84. The van der Waals surface area contributed by atoms with Crippen LogP contribution in [-0.4, -0.2) is 39.9 Å². The summed E-state index contributed by atoms with van der Waals surface area (Å²) < 4.78 is 0. The Morgan fingerprint density at radius 3 is 2.30 bits per heavy atom. The Morgan fingerprint density at radius 2 is 1.74 bits per heavy atom. The normalized spacial score (nSPS) is 38.4. The fraction of sp³-hybridized carbons (Fsp3) is 0.722. The third kappa shape index (κ3) is 2.24. The largest absolute Gasteiger partial charge is 0.362 e. The number of likely N-dealkylation sites (tertiary alicyclic amines) is 1. The van der Waals surface area contributed by atoms with Gasteiger partial charge in [-0.25, -0.2) is 4.98 Å². The van der Waals surface area contributed by atoms with Crippen molar-refractivity contribution in [3.05, 3.63) is 18.6 Å². The second kappa shape index (κ2) is 4.92. The van der Waals surface area contributed by atoms with Crippen molar-refractivity contribution in [2.45, 2.75) is 44.6 Å². The van der Waals surface area contributed by atoms with E-state index in [2.05, 4.69) is 20.2 Å². The van der Waals surface area contributed by atoms with E-state index in [9.17, 15) is 4.79 Å². The Kier molecular flexibility index (Phi) is 2.94. The van der Waals surface area contributed by atoms with Crippen molar-refractivity contribution in [3.63, 3.8) is 0 Å². The van der Waals surface area contributed by atoms with Crippen molar-refractivity contribution in [2.75, 3.05) is 18.4 Å². The zero-order valence-electron chi connectivity index (χ0n) is 13.4. The van der Waals surface area contributed by atoms with Gasteiger partial charge in [0.05, 0.1) is 17.7 Å². The first-order chi connectivity index (χ1) is 11.2. The van der Waals surface area contributed by atoms with Crippen LogP contribution in [0.2, 0.25) is 0 Å². The van der Waals surface area contributed by atoms with E-state index in [-0.39, 0.29) is 5.41 Å². The summed E-state index contributed by atoms with van der Waals surface area (Å²) in [5, 5.41) is 3.37. The molecular weight excluding hydrogens is 288 g/mol. The van der Waals surface area contributed by atoms with Gasteiger partial charge in [-0.2, -0.15) is 0 Å². The van der Waals surface area contributed by atoms with Crippen LogP contribution in [0.25, 0.3) is 0 Å². The predicted molar refractivity (Wildman–Crippen MR) is 86.6 cm³/mol. The van der Waals surface area contributed by atoms with Crippen molar-refractivity contribution in [1.82, 2.24) is 14.9 Å². The van der Waals surface area contributed by atoms with Gasteiger partial charge in [0.25, 0.3) is 0 Å². The van der Waals surface area contributed by atoms with Crippen LogP contribution in [-0.2, 0) is 4.79 Å². The molecule has 1 aromatic heterocycles. The monoisotopic (exact) mass is 312 g/mol. The first kappa shape index (κ1) is 13.8. The average molecular weight is 312 g/mol. The third-order valence-electron chi connectivity index (χ3n) is 6.58. The lowest BCUT2D eigenvalue weighted by atomic mass is 9.49. The van der Waals surface area contributed by atoms with E-state index in [1.54, 1.807) is 18.6 Å². The Balaban J connectivity index is 1.23. The molecule has 5 heteroatoms. The molecule has 5 nitrogen and oxygen atoms in total. The molecule has 0 atom stereocenters. The molecule has 0 radical (unpaired) electrons. The van der Waals surface area contributed by atoms with Gasteiger partial charge in [0, 0.05) is 25.5 Å². The molecule has 0 aromatic carbocycles. The molecule has 1 saturated heterocycles. The summed E-state index contributed by atoms with van der Waals surface area (Å²) >= 11 is 0. The number of aromatic nitrogens is 2. The number of nitrogens with one attached hydrogen (secondary N) is 1. The zero-order valence-corrected chi connectivity index (χ0v) is 13.4. The maximum absolute atomic E-state index is 13.1. The van der Waals surface area contributed by atoms with Gasteiger partial charge in [-0.1, -0.05) is 0 Å². The van der Waals surface area contributed by atoms with Crippen molar-refractivity contribution < 1.29 is 4.79 Å². The minimum absolute atomic E-state index is 0.00622. The van der Waals surface area contributed by atoms with Crippen LogP contribution in [0.3, 0.4) is 0 Å². The second-order valence-electron chi connectivity index (χ2n) is 8.34. The van der Waals surface area contributed by atoms with Crippen molar-refractivity contribution in [1.29, 1.82) is 0 Å². The van der Waals surface area contributed by atoms with Crippen molar-refractivity contribution in [3.8, 4) is 0 Å². The molecule has 0 unspecified atom stereocenters. The Labute approximate surface area is 136 Å². The first-order valence-corrected chi connectivity index (χ1v) is 9.02. The molecule has 5 aliphatic rings. The van der Waals surface area contributed by atoms with Crippen LogP contribution in [0.5, 0.6) is 0 Å². The number of carbonyl (C=O) groups is 1. The number of anilines is 1. The third-order valence-corrected chi connectivity index (χ3v) is 6.58. The molecule has 1 amide bonds. The highest BCUT2D eigenvalue weighted by Crippen LogP contribution is 2.60. The number of hydrogen-bond acceptors (Lipinski definition) is 4. The quantitative estimate of drug-likeness (QED) is 0.930. The van der Waals surface area contributed by atoms with E-state index in [0.717, 1.165) is 55.9 Å². The van der Waals surface area contributed by atoms with Crippen LogP contribution in [0.15, 0.2) is 18.6 Å². The lowest BCUT2D eigenvalue weighted by molar-refractivity contribution is -0.161. The standard InChI is InChI=1S/C18H24N4O/c23-17(18-6-12-3-13(7-18)5-14(4-12)8-18)22-10-15(11-22)21-16-9-19-1-2-20-16/h1-2,9,12-15H,3-8,10-11H2,(H,20,21). The fourth-order valence-electron chi connectivity index (χ4n) is 6.03. The average Bonchev–Trinajstić information content (AvgIpc) is 2.49. The van der Waals surface area contributed by atoms with E-state index in [0.29, 0.717) is 11.9 Å². The minimum Gasteiger partial charge on any atom is -0.362 e. The van der Waals surface area contributed by atoms with Gasteiger partial charge >= 0.3 is 0 Å². The van der Waals surface area contributed by atoms with E-state index in [1.165, 1.54) is 19.3 Å². The topological polar surface area (TPSA) is 58.1 Å². The molecule has 23 heavy (non-hydrogen) atoms. The van der Waals surface area contributed by atoms with Gasteiger partial charge in [-0.05, 0) is 56.3 Å². The highest BCUT2D eigenvalue weighted by atomic mass is 16.2. The molecule has 6 rings (SSSR count). The van der Waals surface area contributed by atoms with Gasteiger partial charge in [-0.3, -0.25) is 9.78 Å². The van der Waals surface area contributed by atoms with Gasteiger partial charge in [0.2, 0.25) is 5.91 Å². The van der Waals surface area contributed by atoms with Gasteiger partial charge in [0.15, 0.2) is 0 Å². The molecule has 122 valence electrons. The smallest absolute Gasteiger partial charge is 0.228 e. The maximum atomic E-state index is 13.1. The van der Waals surface area contributed by atoms with Gasteiger partial charge in [0.1, 0.15) is 5.82 Å². The molecular formula is C18H24N4O. The lowest BCUT2D eigenvalue weighted by Gasteiger charge is -2.58. The Bertz CT molecular complexity index is 575. The van der Waals surface area contributed by atoms with E-state index < -0.39 is 0 Å². The van der Waals surface area contributed by atoms with Gasteiger partial charge < -0.3 is 10.2 Å².